The molecule has 118 valence electrons. The van der Waals surface area contributed by atoms with Crippen molar-refractivity contribution >= 4 is 5.97 Å². The van der Waals surface area contributed by atoms with E-state index in [4.69, 9.17) is 4.74 Å². The van der Waals surface area contributed by atoms with Crippen molar-refractivity contribution in [1.82, 2.24) is 9.80 Å². The molecule has 0 unspecified atom stereocenters. The van der Waals surface area contributed by atoms with E-state index in [-0.39, 0.29) is 11.5 Å². The molecule has 0 saturated carbocycles. The molecule has 0 aromatic rings. The highest BCUT2D eigenvalue weighted by Gasteiger charge is 2.38. The Balaban J connectivity index is 2.82. The van der Waals surface area contributed by atoms with E-state index < -0.39 is 0 Å². The second-order valence-corrected chi connectivity index (χ2v) is 6.00. The predicted octanol–water partition coefficient (Wildman–Crippen LogP) is 2.53. The maximum absolute atomic E-state index is 12.1. The monoisotopic (exact) mass is 284 g/mol. The molecule has 0 aliphatic carbocycles. The van der Waals surface area contributed by atoms with E-state index >= 15 is 0 Å². The van der Waals surface area contributed by atoms with E-state index in [0.717, 1.165) is 51.9 Å². The molecule has 4 heteroatoms. The average molecular weight is 284 g/mol. The molecule has 1 heterocycles. The first-order valence-corrected chi connectivity index (χ1v) is 8.17. The van der Waals surface area contributed by atoms with E-state index in [0.29, 0.717) is 13.0 Å². The number of carbonyl (C=O) groups is 1. The Bertz CT molecular complexity index is 280. The molecular weight excluding hydrogens is 252 g/mol. The van der Waals surface area contributed by atoms with Gasteiger partial charge in [0.15, 0.2) is 0 Å². The van der Waals surface area contributed by atoms with Crippen LogP contribution in [0.4, 0.5) is 0 Å². The van der Waals surface area contributed by atoms with Crippen LogP contribution < -0.4 is 0 Å². The molecule has 1 rings (SSSR count). The number of nitrogens with zero attached hydrogens (tertiary/aromatic N) is 2. The third kappa shape index (κ3) is 4.74. The van der Waals surface area contributed by atoms with Crippen molar-refractivity contribution in [3.8, 4) is 0 Å². The molecule has 1 aliphatic heterocycles. The molecule has 0 bridgehead atoms. The molecule has 1 aliphatic rings. The van der Waals surface area contributed by atoms with Crippen LogP contribution in [-0.2, 0) is 9.53 Å². The number of esters is 1. The zero-order valence-corrected chi connectivity index (χ0v) is 13.8. The van der Waals surface area contributed by atoms with Crippen molar-refractivity contribution in [2.45, 2.75) is 58.4 Å². The number of ether oxygens (including phenoxy) is 1. The SMILES string of the molecule is CCCC(CCC)(CC(=O)OCC)N1CCN(C)CC1. The van der Waals surface area contributed by atoms with E-state index in [1.807, 2.05) is 6.92 Å². The van der Waals surface area contributed by atoms with Crippen LogP contribution in [0.1, 0.15) is 52.9 Å². The van der Waals surface area contributed by atoms with E-state index in [2.05, 4.69) is 30.7 Å². The van der Waals surface area contributed by atoms with Crippen LogP contribution in [0.25, 0.3) is 0 Å². The van der Waals surface area contributed by atoms with Crippen molar-refractivity contribution in [1.29, 1.82) is 0 Å². The van der Waals surface area contributed by atoms with Crippen molar-refractivity contribution in [3.63, 3.8) is 0 Å². The summed E-state index contributed by atoms with van der Waals surface area (Å²) >= 11 is 0. The van der Waals surface area contributed by atoms with Gasteiger partial charge in [-0.15, -0.1) is 0 Å². The fourth-order valence-corrected chi connectivity index (χ4v) is 3.42. The fraction of sp³-hybridized carbons (Fsp3) is 0.938. The summed E-state index contributed by atoms with van der Waals surface area (Å²) in [7, 11) is 2.17. The summed E-state index contributed by atoms with van der Waals surface area (Å²) in [5, 5.41) is 0. The van der Waals surface area contributed by atoms with Crippen molar-refractivity contribution in [2.75, 3.05) is 39.8 Å². The molecule has 1 saturated heterocycles. The molecular formula is C16H32N2O2. The van der Waals surface area contributed by atoms with Crippen molar-refractivity contribution in [2.24, 2.45) is 0 Å². The first-order chi connectivity index (χ1) is 9.57. The van der Waals surface area contributed by atoms with E-state index in [9.17, 15) is 4.79 Å². The number of hydrogen-bond acceptors (Lipinski definition) is 4. The van der Waals surface area contributed by atoms with Crippen molar-refractivity contribution < 1.29 is 9.53 Å². The third-order valence-corrected chi connectivity index (χ3v) is 4.38. The normalized spacial score (nSPS) is 18.2. The molecule has 0 N–H and O–H groups in total. The fourth-order valence-electron chi connectivity index (χ4n) is 3.42. The first kappa shape index (κ1) is 17.4. The number of likely N-dealkylation sites (N-methyl/N-ethyl adjacent to an activating group) is 1. The Kier molecular flexibility index (Phi) is 7.52. The highest BCUT2D eigenvalue weighted by Crippen LogP contribution is 2.32. The van der Waals surface area contributed by atoms with Crippen LogP contribution in [0.3, 0.4) is 0 Å². The van der Waals surface area contributed by atoms with Gasteiger partial charge in [-0.1, -0.05) is 26.7 Å². The topological polar surface area (TPSA) is 32.8 Å². The summed E-state index contributed by atoms with van der Waals surface area (Å²) < 4.78 is 5.23. The Morgan fingerprint density at radius 2 is 1.60 bits per heavy atom. The lowest BCUT2D eigenvalue weighted by atomic mass is 9.83. The molecule has 0 spiro atoms. The van der Waals surface area contributed by atoms with Gasteiger partial charge >= 0.3 is 5.97 Å². The van der Waals surface area contributed by atoms with Gasteiger partial charge in [-0.2, -0.15) is 0 Å². The summed E-state index contributed by atoms with van der Waals surface area (Å²) in [6.07, 6.45) is 4.95. The first-order valence-electron chi connectivity index (χ1n) is 8.17. The van der Waals surface area contributed by atoms with E-state index in [1.54, 1.807) is 0 Å². The van der Waals surface area contributed by atoms with Crippen molar-refractivity contribution in [3.05, 3.63) is 0 Å². The zero-order valence-electron chi connectivity index (χ0n) is 13.8. The maximum Gasteiger partial charge on any atom is 0.307 e. The molecule has 1 fully saturated rings. The molecule has 20 heavy (non-hydrogen) atoms. The molecule has 0 radical (unpaired) electrons. The summed E-state index contributed by atoms with van der Waals surface area (Å²) in [4.78, 5) is 17.0. The van der Waals surface area contributed by atoms with Crippen LogP contribution in [0.15, 0.2) is 0 Å². The van der Waals surface area contributed by atoms with Gasteiger partial charge in [0, 0.05) is 31.7 Å². The van der Waals surface area contributed by atoms with Gasteiger partial charge in [-0.05, 0) is 26.8 Å². The number of carbonyl (C=O) groups excluding carboxylic acids is 1. The largest absolute Gasteiger partial charge is 0.466 e. The molecule has 4 nitrogen and oxygen atoms in total. The van der Waals surface area contributed by atoms with Crippen LogP contribution in [0.2, 0.25) is 0 Å². The molecule has 0 aromatic carbocycles. The van der Waals surface area contributed by atoms with Crippen LogP contribution >= 0.6 is 0 Å². The Hall–Kier alpha value is -0.610. The minimum absolute atomic E-state index is 0.0109. The smallest absolute Gasteiger partial charge is 0.307 e. The standard InChI is InChI=1S/C16H32N2O2/c1-5-8-16(9-6-2,14-15(19)20-7-3)18-12-10-17(4)11-13-18/h5-14H2,1-4H3. The summed E-state index contributed by atoms with van der Waals surface area (Å²) in [5.41, 5.74) is 0.0109. The van der Waals surface area contributed by atoms with Gasteiger partial charge in [-0.25, -0.2) is 0 Å². The second kappa shape index (κ2) is 8.63. The van der Waals surface area contributed by atoms with Crippen LogP contribution in [0.5, 0.6) is 0 Å². The van der Waals surface area contributed by atoms with E-state index in [1.165, 1.54) is 0 Å². The summed E-state index contributed by atoms with van der Waals surface area (Å²) in [6, 6.07) is 0. The number of hydrogen-bond donors (Lipinski definition) is 0. The second-order valence-electron chi connectivity index (χ2n) is 6.00. The van der Waals surface area contributed by atoms with Gasteiger partial charge in [0.2, 0.25) is 0 Å². The predicted molar refractivity (Wildman–Crippen MR) is 82.9 cm³/mol. The highest BCUT2D eigenvalue weighted by atomic mass is 16.5. The lowest BCUT2D eigenvalue weighted by Gasteiger charge is -2.47. The zero-order chi connectivity index (χ0) is 15.0. The number of rotatable bonds is 8. The highest BCUT2D eigenvalue weighted by molar-refractivity contribution is 5.71. The molecule has 0 atom stereocenters. The lowest BCUT2D eigenvalue weighted by molar-refractivity contribution is -0.147. The minimum Gasteiger partial charge on any atom is -0.466 e. The van der Waals surface area contributed by atoms with Gasteiger partial charge in [0.1, 0.15) is 0 Å². The minimum atomic E-state index is -0.0340. The van der Waals surface area contributed by atoms with Crippen LogP contribution in [0, 0.1) is 0 Å². The van der Waals surface area contributed by atoms with Gasteiger partial charge in [0.05, 0.1) is 13.0 Å². The third-order valence-electron chi connectivity index (χ3n) is 4.38. The molecule has 0 amide bonds. The van der Waals surface area contributed by atoms with Gasteiger partial charge in [0.25, 0.3) is 0 Å². The Labute approximate surface area is 124 Å². The quantitative estimate of drug-likeness (QED) is 0.641. The van der Waals surface area contributed by atoms with Gasteiger partial charge < -0.3 is 9.64 Å². The lowest BCUT2D eigenvalue weighted by Crippen LogP contribution is -2.57. The molecule has 0 aromatic heterocycles. The number of piperazine rings is 1. The van der Waals surface area contributed by atoms with Gasteiger partial charge in [-0.3, -0.25) is 9.69 Å². The summed E-state index contributed by atoms with van der Waals surface area (Å²) in [6.45, 7) is 11.1. The Morgan fingerprint density at radius 3 is 2.05 bits per heavy atom. The average Bonchev–Trinajstić information content (AvgIpc) is 2.40. The summed E-state index contributed by atoms with van der Waals surface area (Å²) in [5.74, 6) is -0.0340. The van der Waals surface area contributed by atoms with Crippen LogP contribution in [-0.4, -0.2) is 61.1 Å². The Morgan fingerprint density at radius 1 is 1.05 bits per heavy atom. The maximum atomic E-state index is 12.1.